The van der Waals surface area contributed by atoms with Crippen molar-refractivity contribution in [3.63, 3.8) is 0 Å². The third-order valence-corrected chi connectivity index (χ3v) is 3.25. The van der Waals surface area contributed by atoms with Crippen LogP contribution >= 0.6 is 0 Å². The van der Waals surface area contributed by atoms with Crippen LogP contribution in [0.3, 0.4) is 0 Å². The molecule has 2 rings (SSSR count). The highest BCUT2D eigenvalue weighted by atomic mass is 16.8. The highest BCUT2D eigenvalue weighted by Crippen LogP contribution is 2.41. The molecule has 1 aromatic rings. The molecule has 2 heteroatoms. The molecule has 1 heterocycles. The summed E-state index contributed by atoms with van der Waals surface area (Å²) in [6, 6.07) is 10.2. The Labute approximate surface area is 97.6 Å². The van der Waals surface area contributed by atoms with Gasteiger partial charge < -0.3 is 9.47 Å². The molecule has 1 aliphatic heterocycles. The minimum atomic E-state index is -0.438. The third-order valence-electron chi connectivity index (χ3n) is 3.25. The van der Waals surface area contributed by atoms with Gasteiger partial charge in [0.05, 0.1) is 6.10 Å². The molecule has 0 spiro atoms. The topological polar surface area (TPSA) is 18.5 Å². The quantitative estimate of drug-likeness (QED) is 0.774. The second-order valence-electron chi connectivity index (χ2n) is 4.22. The number of benzene rings is 1. The smallest absolute Gasteiger partial charge is 0.169 e. The van der Waals surface area contributed by atoms with Crippen molar-refractivity contribution in [1.29, 1.82) is 0 Å². The van der Waals surface area contributed by atoms with Crippen LogP contribution in [0, 0.1) is 6.92 Å². The van der Waals surface area contributed by atoms with E-state index in [-0.39, 0.29) is 12.2 Å². The van der Waals surface area contributed by atoms with Gasteiger partial charge in [-0.1, -0.05) is 44.2 Å². The molecule has 16 heavy (non-hydrogen) atoms. The Bertz CT molecular complexity index is 330. The number of hydrogen-bond donors (Lipinski definition) is 0. The van der Waals surface area contributed by atoms with Gasteiger partial charge in [-0.15, -0.1) is 0 Å². The maximum Gasteiger partial charge on any atom is 0.169 e. The molecule has 1 saturated heterocycles. The molecule has 1 radical (unpaired) electrons. The maximum absolute atomic E-state index is 6.06. The monoisotopic (exact) mass is 219 g/mol. The first-order valence-corrected chi connectivity index (χ1v) is 5.94. The van der Waals surface area contributed by atoms with Crippen LogP contribution in [0.2, 0.25) is 0 Å². The van der Waals surface area contributed by atoms with Gasteiger partial charge in [0.15, 0.2) is 5.79 Å². The molecule has 1 aliphatic rings. The van der Waals surface area contributed by atoms with Crippen molar-refractivity contribution in [2.45, 2.75) is 44.7 Å². The first kappa shape index (κ1) is 11.6. The molecule has 2 atom stereocenters. The van der Waals surface area contributed by atoms with Gasteiger partial charge in [-0.05, 0) is 25.3 Å². The highest BCUT2D eigenvalue weighted by molar-refractivity contribution is 5.20. The molecule has 2 nitrogen and oxygen atoms in total. The van der Waals surface area contributed by atoms with E-state index in [0.29, 0.717) is 0 Å². The number of hydrogen-bond acceptors (Lipinski definition) is 2. The van der Waals surface area contributed by atoms with E-state index in [2.05, 4.69) is 32.9 Å². The van der Waals surface area contributed by atoms with E-state index in [4.69, 9.17) is 9.47 Å². The normalized spacial score (nSPS) is 28.2. The van der Waals surface area contributed by atoms with Crippen molar-refractivity contribution in [2.75, 3.05) is 0 Å². The zero-order chi connectivity index (χ0) is 11.6. The summed E-state index contributed by atoms with van der Waals surface area (Å²) in [6.45, 7) is 8.21. The van der Waals surface area contributed by atoms with Gasteiger partial charge in [0, 0.05) is 0 Å². The fourth-order valence-corrected chi connectivity index (χ4v) is 2.18. The first-order valence-electron chi connectivity index (χ1n) is 5.94. The molecule has 0 unspecified atom stereocenters. The summed E-state index contributed by atoms with van der Waals surface area (Å²) in [5.74, 6) is -0.438. The Morgan fingerprint density at radius 1 is 1.12 bits per heavy atom. The standard InChI is InChI=1S/C14H19O2/c1-4-14(5-2)15-11(3)13(16-14)12-9-7-6-8-10-12/h6-11,13H,3-5H2,1-2H3/t11-,13+/m0/s1. The van der Waals surface area contributed by atoms with E-state index in [1.54, 1.807) is 0 Å². The Balaban J connectivity index is 2.20. The molecule has 1 fully saturated rings. The number of rotatable bonds is 3. The average Bonchev–Trinajstić information content (AvgIpc) is 2.69. The van der Waals surface area contributed by atoms with Crippen molar-refractivity contribution < 1.29 is 9.47 Å². The van der Waals surface area contributed by atoms with Gasteiger partial charge in [-0.2, -0.15) is 0 Å². The largest absolute Gasteiger partial charge is 0.344 e. The maximum atomic E-state index is 6.06. The summed E-state index contributed by atoms with van der Waals surface area (Å²) < 4.78 is 11.9. The summed E-state index contributed by atoms with van der Waals surface area (Å²) >= 11 is 0. The van der Waals surface area contributed by atoms with Crippen LogP contribution in [0.1, 0.15) is 38.4 Å². The van der Waals surface area contributed by atoms with E-state index in [1.807, 2.05) is 18.2 Å². The Morgan fingerprint density at radius 2 is 1.75 bits per heavy atom. The summed E-state index contributed by atoms with van der Waals surface area (Å²) in [7, 11) is 0. The lowest BCUT2D eigenvalue weighted by molar-refractivity contribution is -0.177. The fourth-order valence-electron chi connectivity index (χ4n) is 2.18. The third kappa shape index (κ3) is 2.00. The van der Waals surface area contributed by atoms with E-state index in [1.165, 1.54) is 0 Å². The van der Waals surface area contributed by atoms with Crippen LogP contribution in [-0.4, -0.2) is 11.9 Å². The van der Waals surface area contributed by atoms with E-state index in [0.717, 1.165) is 18.4 Å². The van der Waals surface area contributed by atoms with Crippen molar-refractivity contribution in [3.05, 3.63) is 42.8 Å². The fraction of sp³-hybridized carbons (Fsp3) is 0.500. The van der Waals surface area contributed by atoms with Gasteiger partial charge in [0.2, 0.25) is 0 Å². The SMILES string of the molecule is [CH2][C@@H]1OC(CC)(CC)O[C@H]1c1ccccc1. The van der Waals surface area contributed by atoms with Crippen LogP contribution in [0.4, 0.5) is 0 Å². The minimum Gasteiger partial charge on any atom is -0.344 e. The second-order valence-corrected chi connectivity index (χ2v) is 4.22. The van der Waals surface area contributed by atoms with Crippen LogP contribution in [0.25, 0.3) is 0 Å². The van der Waals surface area contributed by atoms with Crippen molar-refractivity contribution >= 4 is 0 Å². The summed E-state index contributed by atoms with van der Waals surface area (Å²) in [5.41, 5.74) is 1.14. The highest BCUT2D eigenvalue weighted by Gasteiger charge is 2.43. The van der Waals surface area contributed by atoms with E-state index < -0.39 is 5.79 Å². The molecule has 87 valence electrons. The Hall–Kier alpha value is -0.860. The lowest BCUT2D eigenvalue weighted by Gasteiger charge is -2.25. The molecular formula is C14H19O2. The molecule has 0 saturated carbocycles. The summed E-state index contributed by atoms with van der Waals surface area (Å²) in [5, 5.41) is 0. The van der Waals surface area contributed by atoms with Crippen LogP contribution in [0.15, 0.2) is 30.3 Å². The van der Waals surface area contributed by atoms with Crippen LogP contribution < -0.4 is 0 Å². The zero-order valence-electron chi connectivity index (χ0n) is 9.98. The second kappa shape index (κ2) is 4.56. The average molecular weight is 219 g/mol. The van der Waals surface area contributed by atoms with Crippen molar-refractivity contribution in [3.8, 4) is 0 Å². The predicted octanol–water partition coefficient (Wildman–Crippen LogP) is 3.49. The predicted molar refractivity (Wildman–Crippen MR) is 63.8 cm³/mol. The lowest BCUT2D eigenvalue weighted by atomic mass is 10.1. The van der Waals surface area contributed by atoms with Crippen molar-refractivity contribution in [1.82, 2.24) is 0 Å². The van der Waals surface area contributed by atoms with Gasteiger partial charge in [0.1, 0.15) is 6.10 Å². The molecule has 0 N–H and O–H groups in total. The number of ether oxygens (including phenoxy) is 2. The molecular weight excluding hydrogens is 200 g/mol. The van der Waals surface area contributed by atoms with Crippen LogP contribution in [0.5, 0.6) is 0 Å². The van der Waals surface area contributed by atoms with Gasteiger partial charge in [0.25, 0.3) is 0 Å². The molecule has 1 aromatic carbocycles. The zero-order valence-corrected chi connectivity index (χ0v) is 9.98. The van der Waals surface area contributed by atoms with Crippen LogP contribution in [-0.2, 0) is 9.47 Å². The van der Waals surface area contributed by atoms with Crippen molar-refractivity contribution in [2.24, 2.45) is 0 Å². The van der Waals surface area contributed by atoms with Gasteiger partial charge in [-0.3, -0.25) is 0 Å². The molecule has 0 amide bonds. The lowest BCUT2D eigenvalue weighted by Crippen LogP contribution is -2.28. The minimum absolute atomic E-state index is 0.0406. The van der Waals surface area contributed by atoms with E-state index >= 15 is 0 Å². The Morgan fingerprint density at radius 3 is 2.25 bits per heavy atom. The summed E-state index contributed by atoms with van der Waals surface area (Å²) in [6.07, 6.45) is 1.56. The van der Waals surface area contributed by atoms with Gasteiger partial charge >= 0.3 is 0 Å². The molecule has 0 bridgehead atoms. The van der Waals surface area contributed by atoms with E-state index in [9.17, 15) is 0 Å². The molecule has 0 aromatic heterocycles. The molecule has 0 aliphatic carbocycles. The Kier molecular flexibility index (Phi) is 3.31. The summed E-state index contributed by atoms with van der Waals surface area (Å²) in [4.78, 5) is 0. The first-order chi connectivity index (χ1) is 7.71. The van der Waals surface area contributed by atoms with Gasteiger partial charge in [-0.25, -0.2) is 0 Å².